The summed E-state index contributed by atoms with van der Waals surface area (Å²) in [5, 5.41) is 0. The van der Waals surface area contributed by atoms with Crippen LogP contribution in [-0.2, 0) is 0 Å². The zero-order chi connectivity index (χ0) is 11.4. The molecule has 1 aliphatic rings. The number of halogens is 1. The number of nitrogens with two attached hydrogens (primary N) is 1. The predicted octanol–water partition coefficient (Wildman–Crippen LogP) is 1.86. The molecule has 1 atom stereocenters. The monoisotopic (exact) mass is 284 g/mol. The van der Waals surface area contributed by atoms with Crippen molar-refractivity contribution in [3.05, 3.63) is 28.7 Å². The van der Waals surface area contributed by atoms with Crippen LogP contribution in [0.2, 0.25) is 0 Å². The molecule has 0 aliphatic carbocycles. The molecule has 0 spiro atoms. The van der Waals surface area contributed by atoms with Crippen molar-refractivity contribution in [1.82, 2.24) is 4.90 Å². The van der Waals surface area contributed by atoms with Gasteiger partial charge in [-0.25, -0.2) is 0 Å². The lowest BCUT2D eigenvalue weighted by atomic mass is 10.3. The number of benzene rings is 1. The summed E-state index contributed by atoms with van der Waals surface area (Å²) in [7, 11) is 0. The van der Waals surface area contributed by atoms with Crippen LogP contribution < -0.4 is 10.5 Å². The predicted molar refractivity (Wildman–Crippen MR) is 68.7 cm³/mol. The van der Waals surface area contributed by atoms with Crippen LogP contribution in [0, 0.1) is 0 Å². The van der Waals surface area contributed by atoms with Crippen molar-refractivity contribution >= 4 is 15.9 Å². The second kappa shape index (κ2) is 5.66. The first kappa shape index (κ1) is 11.9. The fraction of sp³-hybridized carbons (Fsp3) is 0.500. The number of hydrogen-bond donors (Lipinski definition) is 1. The Kier molecular flexibility index (Phi) is 4.21. The maximum atomic E-state index is 5.84. The molecule has 0 amide bonds. The van der Waals surface area contributed by atoms with E-state index in [1.807, 2.05) is 24.3 Å². The molecule has 4 heteroatoms. The minimum absolute atomic E-state index is 0.353. The summed E-state index contributed by atoms with van der Waals surface area (Å²) >= 11 is 3.42. The lowest BCUT2D eigenvalue weighted by Crippen LogP contribution is -2.29. The van der Waals surface area contributed by atoms with Crippen LogP contribution in [0.25, 0.3) is 0 Å². The Morgan fingerprint density at radius 3 is 3.06 bits per heavy atom. The third kappa shape index (κ3) is 3.47. The van der Waals surface area contributed by atoms with Crippen LogP contribution in [0.4, 0.5) is 0 Å². The van der Waals surface area contributed by atoms with Crippen molar-refractivity contribution in [2.75, 3.05) is 26.2 Å². The molecule has 0 saturated carbocycles. The number of likely N-dealkylation sites (tertiary alicyclic amines) is 1. The molecule has 0 bridgehead atoms. The highest BCUT2D eigenvalue weighted by Crippen LogP contribution is 2.17. The van der Waals surface area contributed by atoms with Crippen LogP contribution in [0.15, 0.2) is 28.7 Å². The summed E-state index contributed by atoms with van der Waals surface area (Å²) in [4.78, 5) is 2.35. The van der Waals surface area contributed by atoms with Crippen LogP contribution >= 0.6 is 15.9 Å². The number of ether oxygens (including phenoxy) is 1. The van der Waals surface area contributed by atoms with Gasteiger partial charge in [0.25, 0.3) is 0 Å². The Morgan fingerprint density at radius 2 is 2.38 bits per heavy atom. The fourth-order valence-electron chi connectivity index (χ4n) is 1.92. The second-order valence-electron chi connectivity index (χ2n) is 4.16. The zero-order valence-electron chi connectivity index (χ0n) is 9.23. The summed E-state index contributed by atoms with van der Waals surface area (Å²) in [6.07, 6.45) is 1.11. The van der Waals surface area contributed by atoms with Crippen molar-refractivity contribution in [2.24, 2.45) is 5.73 Å². The normalized spacial score (nSPS) is 21.2. The van der Waals surface area contributed by atoms with E-state index >= 15 is 0 Å². The van der Waals surface area contributed by atoms with Crippen molar-refractivity contribution in [1.29, 1.82) is 0 Å². The summed E-state index contributed by atoms with van der Waals surface area (Å²) < 4.78 is 6.72. The summed E-state index contributed by atoms with van der Waals surface area (Å²) in [5.74, 6) is 0.915. The Bertz CT molecular complexity index is 346. The molecular weight excluding hydrogens is 268 g/mol. The molecule has 0 unspecified atom stereocenters. The van der Waals surface area contributed by atoms with Crippen molar-refractivity contribution in [3.63, 3.8) is 0 Å². The number of nitrogens with zero attached hydrogens (tertiary/aromatic N) is 1. The molecule has 1 saturated heterocycles. The quantitative estimate of drug-likeness (QED) is 0.917. The first-order chi connectivity index (χ1) is 7.74. The minimum Gasteiger partial charge on any atom is -0.492 e. The molecule has 1 aromatic carbocycles. The van der Waals surface area contributed by atoms with Gasteiger partial charge >= 0.3 is 0 Å². The van der Waals surface area contributed by atoms with Crippen molar-refractivity contribution in [3.8, 4) is 5.75 Å². The van der Waals surface area contributed by atoms with Gasteiger partial charge in [-0.05, 0) is 31.2 Å². The van der Waals surface area contributed by atoms with E-state index in [1.165, 1.54) is 0 Å². The van der Waals surface area contributed by atoms with Gasteiger partial charge in [0.2, 0.25) is 0 Å². The van der Waals surface area contributed by atoms with Crippen LogP contribution in [0.5, 0.6) is 5.75 Å². The van der Waals surface area contributed by atoms with E-state index in [0.29, 0.717) is 6.04 Å². The van der Waals surface area contributed by atoms with E-state index in [2.05, 4.69) is 20.8 Å². The molecule has 3 nitrogen and oxygen atoms in total. The first-order valence-electron chi connectivity index (χ1n) is 5.60. The van der Waals surface area contributed by atoms with Gasteiger partial charge < -0.3 is 10.5 Å². The maximum Gasteiger partial charge on any atom is 0.120 e. The van der Waals surface area contributed by atoms with Gasteiger partial charge in [0, 0.05) is 23.6 Å². The molecule has 1 heterocycles. The number of hydrogen-bond acceptors (Lipinski definition) is 3. The smallest absolute Gasteiger partial charge is 0.120 e. The second-order valence-corrected chi connectivity index (χ2v) is 5.07. The summed E-state index contributed by atoms with van der Waals surface area (Å²) in [5.41, 5.74) is 5.84. The Balaban J connectivity index is 1.72. The van der Waals surface area contributed by atoms with Gasteiger partial charge in [-0.2, -0.15) is 0 Å². The highest BCUT2D eigenvalue weighted by atomic mass is 79.9. The van der Waals surface area contributed by atoms with Gasteiger partial charge in [-0.15, -0.1) is 0 Å². The molecular formula is C12H17BrN2O. The van der Waals surface area contributed by atoms with Crippen LogP contribution in [-0.4, -0.2) is 37.2 Å². The van der Waals surface area contributed by atoms with Crippen LogP contribution in [0.3, 0.4) is 0 Å². The third-order valence-corrected chi connectivity index (χ3v) is 3.27. The van der Waals surface area contributed by atoms with Gasteiger partial charge in [-0.1, -0.05) is 22.0 Å². The SMILES string of the molecule is N[C@H]1CCN(CCOc2cccc(Br)c2)C1. The van der Waals surface area contributed by atoms with E-state index < -0.39 is 0 Å². The Hall–Kier alpha value is -0.580. The lowest BCUT2D eigenvalue weighted by molar-refractivity contribution is 0.236. The first-order valence-corrected chi connectivity index (χ1v) is 6.39. The van der Waals surface area contributed by atoms with Crippen LogP contribution in [0.1, 0.15) is 6.42 Å². The third-order valence-electron chi connectivity index (χ3n) is 2.78. The van der Waals surface area contributed by atoms with Gasteiger partial charge in [0.05, 0.1) is 0 Å². The largest absolute Gasteiger partial charge is 0.492 e. The molecule has 88 valence electrons. The zero-order valence-corrected chi connectivity index (χ0v) is 10.8. The van der Waals surface area contributed by atoms with Gasteiger partial charge in [0.1, 0.15) is 12.4 Å². The number of rotatable bonds is 4. The van der Waals surface area contributed by atoms with Gasteiger partial charge in [-0.3, -0.25) is 4.90 Å². The highest BCUT2D eigenvalue weighted by molar-refractivity contribution is 9.10. The fourth-order valence-corrected chi connectivity index (χ4v) is 2.29. The average molecular weight is 285 g/mol. The summed E-state index contributed by atoms with van der Waals surface area (Å²) in [6.45, 7) is 3.79. The highest BCUT2D eigenvalue weighted by Gasteiger charge is 2.18. The van der Waals surface area contributed by atoms with E-state index in [9.17, 15) is 0 Å². The molecule has 1 aromatic rings. The van der Waals surface area contributed by atoms with Crippen molar-refractivity contribution in [2.45, 2.75) is 12.5 Å². The molecule has 0 radical (unpaired) electrons. The summed E-state index contributed by atoms with van der Waals surface area (Å²) in [6, 6.07) is 8.28. The molecule has 0 aromatic heterocycles. The van der Waals surface area contributed by atoms with E-state index in [-0.39, 0.29) is 0 Å². The Morgan fingerprint density at radius 1 is 1.50 bits per heavy atom. The molecule has 16 heavy (non-hydrogen) atoms. The lowest BCUT2D eigenvalue weighted by Gasteiger charge is -2.15. The minimum atomic E-state index is 0.353. The standard InChI is InChI=1S/C12H17BrN2O/c13-10-2-1-3-12(8-10)16-7-6-15-5-4-11(14)9-15/h1-3,8,11H,4-7,9,14H2/t11-/m0/s1. The Labute approximate surface area is 105 Å². The molecule has 1 aliphatic heterocycles. The van der Waals surface area contributed by atoms with E-state index in [4.69, 9.17) is 10.5 Å². The maximum absolute atomic E-state index is 5.84. The topological polar surface area (TPSA) is 38.5 Å². The molecule has 2 N–H and O–H groups in total. The molecule has 2 rings (SSSR count). The average Bonchev–Trinajstić information content (AvgIpc) is 2.64. The van der Waals surface area contributed by atoms with E-state index in [1.54, 1.807) is 0 Å². The van der Waals surface area contributed by atoms with Gasteiger partial charge in [0.15, 0.2) is 0 Å². The molecule has 1 fully saturated rings. The van der Waals surface area contributed by atoms with E-state index in [0.717, 1.165) is 42.9 Å². The van der Waals surface area contributed by atoms with Crippen molar-refractivity contribution < 1.29 is 4.74 Å².